The second kappa shape index (κ2) is 6.40. The zero-order valence-corrected chi connectivity index (χ0v) is 13.7. The van der Waals surface area contributed by atoms with Crippen molar-refractivity contribution in [2.45, 2.75) is 13.5 Å². The summed E-state index contributed by atoms with van der Waals surface area (Å²) in [6.07, 6.45) is 0. The molecule has 0 fully saturated rings. The maximum absolute atomic E-state index is 11.3. The van der Waals surface area contributed by atoms with E-state index >= 15 is 0 Å². The molecule has 0 saturated carbocycles. The Hall–Kier alpha value is -2.01. The highest BCUT2D eigenvalue weighted by atomic mass is 79.9. The normalized spacial score (nSPS) is 11.9. The summed E-state index contributed by atoms with van der Waals surface area (Å²) in [6, 6.07) is 11.7. The van der Waals surface area contributed by atoms with Crippen molar-refractivity contribution >= 4 is 21.9 Å². The number of hydrogen-bond donors (Lipinski definition) is 0. The van der Waals surface area contributed by atoms with E-state index in [1.54, 1.807) is 13.0 Å². The van der Waals surface area contributed by atoms with Crippen molar-refractivity contribution < 1.29 is 19.0 Å². The third-order valence-corrected chi connectivity index (χ3v) is 3.85. The molecule has 2 aromatic rings. The molecule has 0 amide bonds. The molecule has 0 atom stereocenters. The van der Waals surface area contributed by atoms with Crippen molar-refractivity contribution in [2.75, 3.05) is 13.2 Å². The van der Waals surface area contributed by atoms with Crippen LogP contribution in [0.3, 0.4) is 0 Å². The Morgan fingerprint density at radius 3 is 2.91 bits per heavy atom. The maximum Gasteiger partial charge on any atom is 0.344 e. The summed E-state index contributed by atoms with van der Waals surface area (Å²) >= 11 is 3.50. The minimum Gasteiger partial charge on any atom is -0.488 e. The lowest BCUT2D eigenvalue weighted by molar-refractivity contribution is -0.145. The Bertz CT molecular complexity index is 712. The van der Waals surface area contributed by atoms with Gasteiger partial charge < -0.3 is 14.2 Å². The average molecular weight is 363 g/mol. The fourth-order valence-corrected chi connectivity index (χ4v) is 2.72. The largest absolute Gasteiger partial charge is 0.488 e. The van der Waals surface area contributed by atoms with Crippen LogP contribution in [0.4, 0.5) is 0 Å². The summed E-state index contributed by atoms with van der Waals surface area (Å²) < 4.78 is 17.1. The Kier molecular flexibility index (Phi) is 4.34. The molecule has 114 valence electrons. The van der Waals surface area contributed by atoms with Gasteiger partial charge in [0.05, 0.1) is 6.61 Å². The van der Waals surface area contributed by atoms with Crippen molar-refractivity contribution in [2.24, 2.45) is 0 Å². The topological polar surface area (TPSA) is 44.8 Å². The number of ether oxygens (including phenoxy) is 3. The lowest BCUT2D eigenvalue weighted by Gasteiger charge is -2.21. The van der Waals surface area contributed by atoms with Gasteiger partial charge in [0.2, 0.25) is 0 Å². The van der Waals surface area contributed by atoms with E-state index < -0.39 is 0 Å². The highest BCUT2D eigenvalue weighted by Gasteiger charge is 2.18. The Balaban J connectivity index is 1.82. The third kappa shape index (κ3) is 3.09. The van der Waals surface area contributed by atoms with Crippen LogP contribution >= 0.6 is 15.9 Å². The molecule has 22 heavy (non-hydrogen) atoms. The summed E-state index contributed by atoms with van der Waals surface area (Å²) in [7, 11) is 0. The summed E-state index contributed by atoms with van der Waals surface area (Å²) in [5.74, 6) is 0.965. The number of rotatable bonds is 4. The zero-order valence-electron chi connectivity index (χ0n) is 12.1. The summed E-state index contributed by atoms with van der Waals surface area (Å²) in [5.41, 5.74) is 3.31. The summed E-state index contributed by atoms with van der Waals surface area (Å²) in [6.45, 7) is 2.53. The smallest absolute Gasteiger partial charge is 0.344 e. The molecular weight excluding hydrogens is 348 g/mol. The van der Waals surface area contributed by atoms with Crippen molar-refractivity contribution in [3.05, 3.63) is 46.4 Å². The minimum absolute atomic E-state index is 0.102. The Morgan fingerprint density at radius 2 is 2.09 bits per heavy atom. The quantitative estimate of drug-likeness (QED) is 0.772. The molecule has 0 spiro atoms. The lowest BCUT2D eigenvalue weighted by Crippen LogP contribution is -2.14. The van der Waals surface area contributed by atoms with Crippen LogP contribution < -0.4 is 9.47 Å². The average Bonchev–Trinajstić information content (AvgIpc) is 2.52. The van der Waals surface area contributed by atoms with E-state index in [4.69, 9.17) is 14.2 Å². The number of hydrogen-bond acceptors (Lipinski definition) is 4. The molecule has 1 heterocycles. The van der Waals surface area contributed by atoms with Crippen LogP contribution in [0.2, 0.25) is 0 Å². The van der Waals surface area contributed by atoms with Crippen LogP contribution in [0, 0.1) is 0 Å². The second-order valence-electron chi connectivity index (χ2n) is 4.84. The van der Waals surface area contributed by atoms with Gasteiger partial charge in [-0.25, -0.2) is 4.79 Å². The number of halogens is 1. The molecule has 1 aliphatic heterocycles. The SMILES string of the molecule is CCOC(=O)COc1ccc2c(c1)OCc1ccc(Br)cc1-2. The Labute approximate surface area is 137 Å². The maximum atomic E-state index is 11.3. The molecule has 0 saturated heterocycles. The summed E-state index contributed by atoms with van der Waals surface area (Å²) in [5, 5.41) is 0. The number of fused-ring (bicyclic) bond motifs is 3. The highest BCUT2D eigenvalue weighted by molar-refractivity contribution is 9.10. The monoisotopic (exact) mass is 362 g/mol. The van der Waals surface area contributed by atoms with Crippen molar-refractivity contribution in [3.8, 4) is 22.6 Å². The molecule has 2 aromatic carbocycles. The van der Waals surface area contributed by atoms with Gasteiger partial charge in [-0.15, -0.1) is 0 Å². The van der Waals surface area contributed by atoms with Crippen LogP contribution in [-0.4, -0.2) is 19.2 Å². The van der Waals surface area contributed by atoms with Gasteiger partial charge in [-0.3, -0.25) is 0 Å². The van der Waals surface area contributed by atoms with Gasteiger partial charge in [-0.05, 0) is 42.3 Å². The lowest BCUT2D eigenvalue weighted by atomic mass is 9.97. The van der Waals surface area contributed by atoms with E-state index in [0.717, 1.165) is 26.9 Å². The first-order chi connectivity index (χ1) is 10.7. The van der Waals surface area contributed by atoms with E-state index in [2.05, 4.69) is 22.0 Å². The first kappa shape index (κ1) is 14.9. The van der Waals surface area contributed by atoms with Crippen LogP contribution in [0.5, 0.6) is 11.5 Å². The van der Waals surface area contributed by atoms with Crippen LogP contribution in [-0.2, 0) is 16.1 Å². The van der Waals surface area contributed by atoms with E-state index in [-0.39, 0.29) is 12.6 Å². The third-order valence-electron chi connectivity index (χ3n) is 3.36. The standard InChI is InChI=1S/C17H15BrO4/c1-2-20-17(19)10-21-13-5-6-14-15-7-12(18)4-3-11(15)9-22-16(14)8-13/h3-8H,2,9-10H2,1H3. The first-order valence-corrected chi connectivity index (χ1v) is 7.80. The zero-order chi connectivity index (χ0) is 15.5. The van der Waals surface area contributed by atoms with Crippen molar-refractivity contribution in [3.63, 3.8) is 0 Å². The van der Waals surface area contributed by atoms with Gasteiger partial charge in [-0.1, -0.05) is 22.0 Å². The predicted octanol–water partition coefficient (Wildman–Crippen LogP) is 3.95. The van der Waals surface area contributed by atoms with Gasteiger partial charge in [-0.2, -0.15) is 0 Å². The fraction of sp³-hybridized carbons (Fsp3) is 0.235. The summed E-state index contributed by atoms with van der Waals surface area (Å²) in [4.78, 5) is 11.3. The number of benzene rings is 2. The van der Waals surface area contributed by atoms with Crippen molar-refractivity contribution in [1.82, 2.24) is 0 Å². The van der Waals surface area contributed by atoms with Crippen LogP contribution in [0.1, 0.15) is 12.5 Å². The van der Waals surface area contributed by atoms with Crippen molar-refractivity contribution in [1.29, 1.82) is 0 Å². The first-order valence-electron chi connectivity index (χ1n) is 7.01. The second-order valence-corrected chi connectivity index (χ2v) is 5.76. The van der Waals surface area contributed by atoms with Gasteiger partial charge in [0.15, 0.2) is 6.61 Å². The Morgan fingerprint density at radius 1 is 1.23 bits per heavy atom. The van der Waals surface area contributed by atoms with Crippen LogP contribution in [0.15, 0.2) is 40.9 Å². The van der Waals surface area contributed by atoms with E-state index in [1.165, 1.54) is 0 Å². The number of carbonyl (C=O) groups excluding carboxylic acids is 1. The van der Waals surface area contributed by atoms with Gasteiger partial charge in [0.25, 0.3) is 0 Å². The predicted molar refractivity (Wildman–Crippen MR) is 86.0 cm³/mol. The van der Waals surface area contributed by atoms with E-state index in [0.29, 0.717) is 19.0 Å². The molecule has 0 radical (unpaired) electrons. The fourth-order valence-electron chi connectivity index (χ4n) is 2.36. The minimum atomic E-state index is -0.379. The van der Waals surface area contributed by atoms with Gasteiger partial charge in [0, 0.05) is 16.1 Å². The van der Waals surface area contributed by atoms with Gasteiger partial charge >= 0.3 is 5.97 Å². The number of carbonyl (C=O) groups is 1. The molecule has 4 nitrogen and oxygen atoms in total. The molecule has 0 aromatic heterocycles. The van der Waals surface area contributed by atoms with Gasteiger partial charge in [0.1, 0.15) is 18.1 Å². The highest BCUT2D eigenvalue weighted by Crippen LogP contribution is 2.40. The molecule has 5 heteroatoms. The molecule has 0 bridgehead atoms. The van der Waals surface area contributed by atoms with E-state index in [9.17, 15) is 4.79 Å². The van der Waals surface area contributed by atoms with Crippen LogP contribution in [0.25, 0.3) is 11.1 Å². The molecule has 0 N–H and O–H groups in total. The molecule has 3 rings (SSSR count). The number of esters is 1. The molecule has 0 unspecified atom stereocenters. The molecular formula is C17H15BrO4. The van der Waals surface area contributed by atoms with E-state index in [1.807, 2.05) is 24.3 Å². The molecule has 0 aliphatic carbocycles. The molecule has 1 aliphatic rings.